The average molecular weight is 303 g/mol. The normalized spacial score (nSPS) is 19.5. The zero-order chi connectivity index (χ0) is 15.5. The quantitative estimate of drug-likeness (QED) is 0.918. The predicted molar refractivity (Wildman–Crippen MR) is 81.9 cm³/mol. The number of hydrogen-bond donors (Lipinski definition) is 1. The summed E-state index contributed by atoms with van der Waals surface area (Å²) in [4.78, 5) is 31.7. The zero-order valence-electron chi connectivity index (χ0n) is 12.6. The molecule has 2 aliphatic heterocycles. The number of pyridine rings is 1. The minimum absolute atomic E-state index is 0.0516. The molecule has 0 aliphatic carbocycles. The fourth-order valence-electron chi connectivity index (χ4n) is 3.16. The molecule has 0 unspecified atom stereocenters. The monoisotopic (exact) mass is 303 g/mol. The average Bonchev–Trinajstić information content (AvgIpc) is 3.09. The van der Waals surface area contributed by atoms with E-state index in [4.69, 9.17) is 5.11 Å². The van der Waals surface area contributed by atoms with Crippen molar-refractivity contribution < 1.29 is 14.7 Å². The predicted octanol–water partition coefficient (Wildman–Crippen LogP) is 1.62. The molecule has 2 aliphatic rings. The van der Waals surface area contributed by atoms with E-state index in [2.05, 4.69) is 9.88 Å². The molecule has 1 aromatic rings. The molecule has 1 amide bonds. The highest BCUT2D eigenvalue weighted by atomic mass is 16.4. The second-order valence-electron chi connectivity index (χ2n) is 6.00. The van der Waals surface area contributed by atoms with Crippen LogP contribution < -0.4 is 4.90 Å². The van der Waals surface area contributed by atoms with Crippen LogP contribution in [0.1, 0.15) is 36.0 Å². The van der Waals surface area contributed by atoms with E-state index in [0.717, 1.165) is 18.9 Å². The Hall–Kier alpha value is -2.11. The van der Waals surface area contributed by atoms with Crippen molar-refractivity contribution in [1.82, 2.24) is 9.88 Å². The molecule has 1 aromatic heterocycles. The number of amides is 1. The van der Waals surface area contributed by atoms with Gasteiger partial charge in [-0.2, -0.15) is 0 Å². The number of carboxylic acids is 1. The summed E-state index contributed by atoms with van der Waals surface area (Å²) in [6.07, 6.45) is 5.09. The number of rotatable bonds is 3. The smallest absolute Gasteiger partial charge is 0.306 e. The Labute approximate surface area is 129 Å². The molecular weight excluding hydrogens is 282 g/mol. The van der Waals surface area contributed by atoms with Crippen LogP contribution in [-0.4, -0.2) is 53.0 Å². The fourth-order valence-corrected chi connectivity index (χ4v) is 3.16. The minimum Gasteiger partial charge on any atom is -0.481 e. The molecule has 0 aromatic carbocycles. The van der Waals surface area contributed by atoms with Crippen LogP contribution in [0.2, 0.25) is 0 Å². The summed E-state index contributed by atoms with van der Waals surface area (Å²) < 4.78 is 0. The van der Waals surface area contributed by atoms with Gasteiger partial charge in [-0.15, -0.1) is 0 Å². The Morgan fingerprint density at radius 3 is 2.32 bits per heavy atom. The summed E-state index contributed by atoms with van der Waals surface area (Å²) in [5.41, 5.74) is 0.580. The summed E-state index contributed by atoms with van der Waals surface area (Å²) in [5.74, 6) is -0.202. The SMILES string of the molecule is O=C(O)C1CCN(C(=O)c2ccc(N3CCCC3)nc2)CC1. The fraction of sp³-hybridized carbons (Fsp3) is 0.562. The second kappa shape index (κ2) is 6.34. The minimum atomic E-state index is -0.760. The van der Waals surface area contributed by atoms with Crippen LogP contribution in [0.3, 0.4) is 0 Å². The third kappa shape index (κ3) is 3.05. The highest BCUT2D eigenvalue weighted by Crippen LogP contribution is 2.21. The lowest BCUT2D eigenvalue weighted by Crippen LogP contribution is -2.40. The Bertz CT molecular complexity index is 544. The number of carboxylic acid groups (broad SMARTS) is 1. The Morgan fingerprint density at radius 1 is 1.09 bits per heavy atom. The molecular formula is C16H21N3O3. The van der Waals surface area contributed by atoms with Crippen molar-refractivity contribution in [2.75, 3.05) is 31.1 Å². The lowest BCUT2D eigenvalue weighted by Gasteiger charge is -2.30. The van der Waals surface area contributed by atoms with Gasteiger partial charge in [0.05, 0.1) is 11.5 Å². The van der Waals surface area contributed by atoms with Gasteiger partial charge in [-0.1, -0.05) is 0 Å². The van der Waals surface area contributed by atoms with Gasteiger partial charge in [0.15, 0.2) is 0 Å². The lowest BCUT2D eigenvalue weighted by atomic mass is 9.97. The van der Waals surface area contributed by atoms with Crippen molar-refractivity contribution >= 4 is 17.7 Å². The third-order valence-corrected chi connectivity index (χ3v) is 4.56. The number of carbonyl (C=O) groups is 2. The summed E-state index contributed by atoms with van der Waals surface area (Å²) >= 11 is 0. The van der Waals surface area contributed by atoms with Crippen LogP contribution in [0.5, 0.6) is 0 Å². The van der Waals surface area contributed by atoms with Crippen LogP contribution >= 0.6 is 0 Å². The van der Waals surface area contributed by atoms with Gasteiger partial charge in [0, 0.05) is 32.4 Å². The van der Waals surface area contributed by atoms with Gasteiger partial charge in [-0.3, -0.25) is 9.59 Å². The van der Waals surface area contributed by atoms with Gasteiger partial charge in [0.25, 0.3) is 5.91 Å². The van der Waals surface area contributed by atoms with Crippen molar-refractivity contribution in [1.29, 1.82) is 0 Å². The number of piperidine rings is 1. The molecule has 3 heterocycles. The number of aromatic nitrogens is 1. The van der Waals surface area contributed by atoms with Crippen LogP contribution in [0, 0.1) is 5.92 Å². The van der Waals surface area contributed by atoms with Crippen LogP contribution in [0.4, 0.5) is 5.82 Å². The van der Waals surface area contributed by atoms with E-state index < -0.39 is 5.97 Å². The zero-order valence-corrected chi connectivity index (χ0v) is 12.6. The first-order valence-electron chi connectivity index (χ1n) is 7.88. The van der Waals surface area contributed by atoms with Gasteiger partial charge in [0.1, 0.15) is 5.82 Å². The highest BCUT2D eigenvalue weighted by molar-refractivity contribution is 5.94. The molecule has 0 saturated carbocycles. The van der Waals surface area contributed by atoms with Crippen LogP contribution in [0.25, 0.3) is 0 Å². The van der Waals surface area contributed by atoms with Gasteiger partial charge >= 0.3 is 5.97 Å². The maximum atomic E-state index is 12.4. The first-order chi connectivity index (χ1) is 10.6. The van der Waals surface area contributed by atoms with Crippen molar-refractivity contribution in [3.8, 4) is 0 Å². The molecule has 118 valence electrons. The molecule has 1 N–H and O–H groups in total. The van der Waals surface area contributed by atoms with E-state index in [9.17, 15) is 9.59 Å². The van der Waals surface area contributed by atoms with Gasteiger partial charge < -0.3 is 14.9 Å². The van der Waals surface area contributed by atoms with E-state index in [1.54, 1.807) is 11.1 Å². The second-order valence-corrected chi connectivity index (χ2v) is 6.00. The van der Waals surface area contributed by atoms with E-state index in [1.807, 2.05) is 12.1 Å². The molecule has 22 heavy (non-hydrogen) atoms. The first kappa shape index (κ1) is 14.8. The maximum Gasteiger partial charge on any atom is 0.306 e. The molecule has 6 nitrogen and oxygen atoms in total. The van der Waals surface area contributed by atoms with E-state index in [0.29, 0.717) is 31.5 Å². The molecule has 2 fully saturated rings. The number of anilines is 1. The standard InChI is InChI=1S/C16H21N3O3/c20-15(19-9-5-12(6-10-19)16(21)22)13-3-4-14(17-11-13)18-7-1-2-8-18/h3-4,11-12H,1-2,5-10H2,(H,21,22). The molecule has 2 saturated heterocycles. The van der Waals surface area contributed by atoms with Gasteiger partial charge in [-0.05, 0) is 37.8 Å². The highest BCUT2D eigenvalue weighted by Gasteiger charge is 2.27. The summed E-state index contributed by atoms with van der Waals surface area (Å²) in [6.45, 7) is 3.07. The van der Waals surface area contributed by atoms with E-state index in [-0.39, 0.29) is 11.8 Å². The topological polar surface area (TPSA) is 73.7 Å². The molecule has 0 spiro atoms. The van der Waals surface area contributed by atoms with Crippen molar-refractivity contribution in [3.63, 3.8) is 0 Å². The molecule has 3 rings (SSSR count). The van der Waals surface area contributed by atoms with Crippen LogP contribution in [0.15, 0.2) is 18.3 Å². The summed E-state index contributed by atoms with van der Waals surface area (Å²) in [5, 5.41) is 9.00. The van der Waals surface area contributed by atoms with Gasteiger partial charge in [-0.25, -0.2) is 4.98 Å². The molecule has 0 atom stereocenters. The van der Waals surface area contributed by atoms with Crippen molar-refractivity contribution in [2.45, 2.75) is 25.7 Å². The van der Waals surface area contributed by atoms with E-state index >= 15 is 0 Å². The lowest BCUT2D eigenvalue weighted by molar-refractivity contribution is -0.143. The molecule has 0 bridgehead atoms. The molecule has 6 heteroatoms. The largest absolute Gasteiger partial charge is 0.481 e. The first-order valence-corrected chi connectivity index (χ1v) is 7.88. The number of hydrogen-bond acceptors (Lipinski definition) is 4. The van der Waals surface area contributed by atoms with Crippen molar-refractivity contribution in [2.24, 2.45) is 5.92 Å². The number of carbonyl (C=O) groups excluding carboxylic acids is 1. The van der Waals surface area contributed by atoms with Crippen molar-refractivity contribution in [3.05, 3.63) is 23.9 Å². The third-order valence-electron chi connectivity index (χ3n) is 4.56. The van der Waals surface area contributed by atoms with Gasteiger partial charge in [0.2, 0.25) is 0 Å². The number of nitrogens with zero attached hydrogens (tertiary/aromatic N) is 3. The van der Waals surface area contributed by atoms with E-state index in [1.165, 1.54) is 12.8 Å². The summed E-state index contributed by atoms with van der Waals surface area (Å²) in [7, 11) is 0. The number of likely N-dealkylation sites (tertiary alicyclic amines) is 1. The Balaban J connectivity index is 1.61. The molecule has 0 radical (unpaired) electrons. The maximum absolute atomic E-state index is 12.4. The Kier molecular flexibility index (Phi) is 4.27. The number of aliphatic carboxylic acids is 1. The van der Waals surface area contributed by atoms with Crippen LogP contribution in [-0.2, 0) is 4.79 Å². The summed E-state index contributed by atoms with van der Waals surface area (Å²) in [6, 6.07) is 3.73. The Morgan fingerprint density at radius 2 is 1.77 bits per heavy atom.